The van der Waals surface area contributed by atoms with Crippen LogP contribution in [0.25, 0.3) is 11.4 Å². The number of hydrogen-bond donors (Lipinski definition) is 0. The Morgan fingerprint density at radius 3 is 2.61 bits per heavy atom. The van der Waals surface area contributed by atoms with E-state index in [1.54, 1.807) is 29.8 Å². The Labute approximate surface area is 167 Å². The topological polar surface area (TPSA) is 51.0 Å². The molecule has 3 aromatic rings. The third-order valence-corrected chi connectivity index (χ3v) is 6.14. The van der Waals surface area contributed by atoms with Crippen LogP contribution in [0.5, 0.6) is 0 Å². The Bertz CT molecular complexity index is 1020. The largest absolute Gasteiger partial charge is 0.337 e. The van der Waals surface area contributed by atoms with Gasteiger partial charge in [0.1, 0.15) is 5.82 Å². The molecule has 28 heavy (non-hydrogen) atoms. The van der Waals surface area contributed by atoms with Crippen molar-refractivity contribution in [3.05, 3.63) is 65.5 Å². The van der Waals surface area contributed by atoms with Gasteiger partial charge in [-0.05, 0) is 36.6 Å². The van der Waals surface area contributed by atoms with Gasteiger partial charge >= 0.3 is 0 Å². The molecular weight excluding hydrogens is 375 g/mol. The minimum absolute atomic E-state index is 0.0787. The van der Waals surface area contributed by atoms with Gasteiger partial charge in [0.15, 0.2) is 11.0 Å². The van der Waals surface area contributed by atoms with Crippen LogP contribution in [0, 0.1) is 5.82 Å². The van der Waals surface area contributed by atoms with Gasteiger partial charge in [-0.2, -0.15) is 0 Å². The summed E-state index contributed by atoms with van der Waals surface area (Å²) in [7, 11) is 1.79. The van der Waals surface area contributed by atoms with Gasteiger partial charge in [0.05, 0.1) is 10.8 Å². The van der Waals surface area contributed by atoms with E-state index in [1.165, 1.54) is 29.0 Å². The third-order valence-electron chi connectivity index (χ3n) is 5.02. The minimum atomic E-state index is -0.342. The van der Waals surface area contributed by atoms with Gasteiger partial charge in [-0.3, -0.25) is 4.79 Å². The quantitative estimate of drug-likeness (QED) is 0.631. The predicted octanol–water partition coefficient (Wildman–Crippen LogP) is 3.69. The highest BCUT2D eigenvalue weighted by Gasteiger charge is 2.27. The molecule has 0 fully saturated rings. The van der Waals surface area contributed by atoms with E-state index in [0.717, 1.165) is 13.0 Å². The SMILES string of the molecule is CC(Sc1nnc(-c2ccccc2F)n1C)C(=O)N1CCc2ccccc2C1. The van der Waals surface area contributed by atoms with Gasteiger partial charge < -0.3 is 9.47 Å². The van der Waals surface area contributed by atoms with Gasteiger partial charge in [-0.15, -0.1) is 10.2 Å². The maximum atomic E-state index is 14.1. The van der Waals surface area contributed by atoms with Crippen LogP contribution in [0.1, 0.15) is 18.1 Å². The van der Waals surface area contributed by atoms with Crippen molar-refractivity contribution in [1.29, 1.82) is 0 Å². The van der Waals surface area contributed by atoms with E-state index >= 15 is 0 Å². The number of carbonyl (C=O) groups excluding carboxylic acids is 1. The first kappa shape index (κ1) is 18.7. The molecule has 0 spiro atoms. The second-order valence-electron chi connectivity index (χ2n) is 6.88. The average molecular weight is 396 g/mol. The maximum absolute atomic E-state index is 14.1. The highest BCUT2D eigenvalue weighted by Crippen LogP contribution is 2.29. The number of benzene rings is 2. The number of halogens is 1. The Morgan fingerprint density at radius 1 is 1.11 bits per heavy atom. The highest BCUT2D eigenvalue weighted by atomic mass is 32.2. The molecule has 4 rings (SSSR count). The first-order chi connectivity index (χ1) is 13.5. The Kier molecular flexibility index (Phi) is 5.17. The van der Waals surface area contributed by atoms with Crippen LogP contribution >= 0.6 is 11.8 Å². The molecule has 2 aromatic carbocycles. The molecule has 2 heterocycles. The second-order valence-corrected chi connectivity index (χ2v) is 8.19. The summed E-state index contributed by atoms with van der Waals surface area (Å²) in [6, 6.07) is 14.7. The summed E-state index contributed by atoms with van der Waals surface area (Å²) in [5, 5.41) is 8.59. The second kappa shape index (κ2) is 7.75. The van der Waals surface area contributed by atoms with Gasteiger partial charge in [-0.25, -0.2) is 4.39 Å². The number of thioether (sulfide) groups is 1. The van der Waals surface area contributed by atoms with Crippen LogP contribution in [-0.4, -0.2) is 37.4 Å². The van der Waals surface area contributed by atoms with Crippen LogP contribution < -0.4 is 0 Å². The summed E-state index contributed by atoms with van der Waals surface area (Å²) < 4.78 is 15.8. The standard InChI is InChI=1S/C21H21FN4OS/c1-14(20(27)26-12-11-15-7-3-4-8-16(15)13-26)28-21-24-23-19(25(21)2)17-9-5-6-10-18(17)22/h3-10,14H,11-13H2,1-2H3. The molecule has 1 unspecified atom stereocenters. The third kappa shape index (κ3) is 3.54. The molecule has 1 amide bonds. The fraction of sp³-hybridized carbons (Fsp3) is 0.286. The minimum Gasteiger partial charge on any atom is -0.337 e. The summed E-state index contributed by atoms with van der Waals surface area (Å²) in [5.41, 5.74) is 2.92. The molecule has 7 heteroatoms. The highest BCUT2D eigenvalue weighted by molar-refractivity contribution is 8.00. The average Bonchev–Trinajstić information content (AvgIpc) is 3.07. The fourth-order valence-electron chi connectivity index (χ4n) is 3.44. The van der Waals surface area contributed by atoms with Crippen LogP contribution in [0.3, 0.4) is 0 Å². The first-order valence-electron chi connectivity index (χ1n) is 9.21. The molecule has 0 saturated carbocycles. The Hall–Kier alpha value is -2.67. The number of nitrogens with zero attached hydrogens (tertiary/aromatic N) is 4. The van der Waals surface area contributed by atoms with Crippen LogP contribution in [-0.2, 0) is 24.8 Å². The molecule has 0 N–H and O–H groups in total. The number of carbonyl (C=O) groups is 1. The van der Waals surface area contributed by atoms with E-state index in [-0.39, 0.29) is 17.0 Å². The molecule has 1 aliphatic rings. The summed E-state index contributed by atoms with van der Waals surface area (Å²) in [4.78, 5) is 14.8. The van der Waals surface area contributed by atoms with Crippen molar-refractivity contribution in [1.82, 2.24) is 19.7 Å². The molecule has 5 nitrogen and oxygen atoms in total. The number of amides is 1. The molecule has 144 valence electrons. The lowest BCUT2D eigenvalue weighted by Crippen LogP contribution is -2.40. The van der Waals surface area contributed by atoms with Gasteiger partial charge in [0.25, 0.3) is 0 Å². The Morgan fingerprint density at radius 2 is 1.82 bits per heavy atom. The van der Waals surface area contributed by atoms with Crippen molar-refractivity contribution >= 4 is 17.7 Å². The maximum Gasteiger partial charge on any atom is 0.236 e. The van der Waals surface area contributed by atoms with Crippen LogP contribution in [0.15, 0.2) is 53.7 Å². The molecule has 1 aromatic heterocycles. The van der Waals surface area contributed by atoms with E-state index < -0.39 is 0 Å². The van der Waals surface area contributed by atoms with Crippen molar-refractivity contribution in [2.45, 2.75) is 30.3 Å². The lowest BCUT2D eigenvalue weighted by atomic mass is 10.00. The normalized spacial score (nSPS) is 14.6. The van der Waals surface area contributed by atoms with E-state index in [0.29, 0.717) is 23.1 Å². The smallest absolute Gasteiger partial charge is 0.236 e. The van der Waals surface area contributed by atoms with E-state index in [1.807, 2.05) is 24.0 Å². The Balaban J connectivity index is 1.48. The zero-order valence-corrected chi connectivity index (χ0v) is 16.6. The molecule has 0 bridgehead atoms. The number of hydrogen-bond acceptors (Lipinski definition) is 4. The van der Waals surface area contributed by atoms with Crippen molar-refractivity contribution in [2.75, 3.05) is 6.54 Å². The van der Waals surface area contributed by atoms with Gasteiger partial charge in [0, 0.05) is 20.1 Å². The lowest BCUT2D eigenvalue weighted by molar-refractivity contribution is -0.131. The van der Waals surface area contributed by atoms with Crippen LogP contribution in [0.2, 0.25) is 0 Å². The predicted molar refractivity (Wildman–Crippen MR) is 107 cm³/mol. The number of fused-ring (bicyclic) bond motifs is 1. The fourth-order valence-corrected chi connectivity index (χ4v) is 4.34. The first-order valence-corrected chi connectivity index (χ1v) is 10.1. The van der Waals surface area contributed by atoms with E-state index in [4.69, 9.17) is 0 Å². The molecule has 0 aliphatic carbocycles. The molecule has 1 atom stereocenters. The van der Waals surface area contributed by atoms with E-state index in [9.17, 15) is 9.18 Å². The molecular formula is C21H21FN4OS. The number of aromatic nitrogens is 3. The summed E-state index contributed by atoms with van der Waals surface area (Å²) >= 11 is 1.35. The van der Waals surface area contributed by atoms with Gasteiger partial charge in [0.2, 0.25) is 5.91 Å². The zero-order valence-electron chi connectivity index (χ0n) is 15.8. The number of rotatable bonds is 4. The monoisotopic (exact) mass is 396 g/mol. The van der Waals surface area contributed by atoms with Crippen molar-refractivity contribution in [2.24, 2.45) is 7.05 Å². The van der Waals surface area contributed by atoms with Crippen molar-refractivity contribution in [3.8, 4) is 11.4 Å². The van der Waals surface area contributed by atoms with E-state index in [2.05, 4.69) is 22.3 Å². The van der Waals surface area contributed by atoms with Crippen LogP contribution in [0.4, 0.5) is 4.39 Å². The molecule has 0 radical (unpaired) electrons. The zero-order chi connectivity index (χ0) is 19.7. The summed E-state index contributed by atoms with van der Waals surface area (Å²) in [6.45, 7) is 3.24. The summed E-state index contributed by atoms with van der Waals surface area (Å²) in [5.74, 6) is 0.188. The lowest BCUT2D eigenvalue weighted by Gasteiger charge is -2.30. The molecule has 1 aliphatic heterocycles. The van der Waals surface area contributed by atoms with Gasteiger partial charge in [-0.1, -0.05) is 48.2 Å². The van der Waals surface area contributed by atoms with Crippen molar-refractivity contribution < 1.29 is 9.18 Å². The summed E-state index contributed by atoms with van der Waals surface area (Å²) in [6.07, 6.45) is 0.876. The molecule has 0 saturated heterocycles. The van der Waals surface area contributed by atoms with Crippen molar-refractivity contribution in [3.63, 3.8) is 0 Å².